The van der Waals surface area contributed by atoms with E-state index in [1.54, 1.807) is 27.2 Å². The Morgan fingerprint density at radius 2 is 1.68 bits per heavy atom. The zero-order valence-electron chi connectivity index (χ0n) is 18.3. The number of carbonyl (C=O) groups is 1. The van der Waals surface area contributed by atoms with Crippen molar-refractivity contribution in [2.75, 3.05) is 47.5 Å². The number of methoxy groups -OCH3 is 3. The fourth-order valence-electron chi connectivity index (χ4n) is 3.70. The number of hydrogen-bond acceptors (Lipinski definition) is 7. The summed E-state index contributed by atoms with van der Waals surface area (Å²) in [6, 6.07) is 10.2. The second-order valence-corrected chi connectivity index (χ2v) is 9.24. The minimum Gasteiger partial charge on any atom is -0.497 e. The predicted octanol–water partition coefficient (Wildman–Crippen LogP) is 2.31. The van der Waals surface area contributed by atoms with Crippen LogP contribution in [0.1, 0.15) is 21.5 Å². The topological polar surface area (TPSA) is 85.4 Å². The summed E-state index contributed by atoms with van der Waals surface area (Å²) in [5, 5.41) is 0. The molecule has 0 radical (unpaired) electrons. The van der Waals surface area contributed by atoms with Crippen LogP contribution in [0, 0.1) is 6.92 Å². The van der Waals surface area contributed by atoms with Gasteiger partial charge in [-0.25, -0.2) is 13.2 Å². The van der Waals surface area contributed by atoms with Gasteiger partial charge < -0.3 is 14.2 Å². The molecule has 0 unspecified atom stereocenters. The minimum absolute atomic E-state index is 0.211. The number of sulfonamides is 1. The molecule has 2 aromatic carbocycles. The highest BCUT2D eigenvalue weighted by Crippen LogP contribution is 2.27. The molecule has 0 aromatic heterocycles. The number of carbonyl (C=O) groups excluding carboxylic acids is 1. The Kier molecular flexibility index (Phi) is 7.19. The number of benzene rings is 2. The number of piperazine rings is 1. The van der Waals surface area contributed by atoms with Crippen molar-refractivity contribution in [3.05, 3.63) is 53.1 Å². The van der Waals surface area contributed by atoms with Gasteiger partial charge in [-0.05, 0) is 48.9 Å². The van der Waals surface area contributed by atoms with Gasteiger partial charge in [-0.3, -0.25) is 4.90 Å². The Bertz CT molecular complexity index is 1050. The molecule has 0 aliphatic carbocycles. The maximum Gasteiger partial charge on any atom is 0.337 e. The van der Waals surface area contributed by atoms with E-state index in [-0.39, 0.29) is 4.90 Å². The molecule has 0 bridgehead atoms. The molecule has 1 aliphatic heterocycles. The fourth-order valence-corrected chi connectivity index (χ4v) is 5.33. The average Bonchev–Trinajstić information content (AvgIpc) is 2.78. The summed E-state index contributed by atoms with van der Waals surface area (Å²) in [5.74, 6) is 1.04. The third-order valence-electron chi connectivity index (χ3n) is 5.43. The van der Waals surface area contributed by atoms with Gasteiger partial charge in [0.15, 0.2) is 0 Å². The highest BCUT2D eigenvalue weighted by Gasteiger charge is 2.30. The molecule has 1 fully saturated rings. The fraction of sp³-hybridized carbons (Fsp3) is 0.409. The standard InChI is InChI=1S/C22H28N2O6S/c1-16-13-17(22(25)30-4)5-8-21(16)31(26,27)24-11-9-23(10-12-24)15-18-14-19(28-2)6-7-20(18)29-3/h5-8,13-14H,9-12,15H2,1-4H3. The molecule has 0 amide bonds. The molecule has 1 saturated heterocycles. The first kappa shape index (κ1) is 23.1. The van der Waals surface area contributed by atoms with Gasteiger partial charge in [0.25, 0.3) is 0 Å². The van der Waals surface area contributed by atoms with Crippen LogP contribution in [0.25, 0.3) is 0 Å². The van der Waals surface area contributed by atoms with E-state index in [1.165, 1.54) is 23.5 Å². The van der Waals surface area contributed by atoms with Crippen molar-refractivity contribution in [2.24, 2.45) is 0 Å². The number of rotatable bonds is 7. The van der Waals surface area contributed by atoms with Gasteiger partial charge in [0.05, 0.1) is 31.8 Å². The largest absolute Gasteiger partial charge is 0.497 e. The predicted molar refractivity (Wildman–Crippen MR) is 116 cm³/mol. The van der Waals surface area contributed by atoms with Gasteiger partial charge >= 0.3 is 5.97 Å². The van der Waals surface area contributed by atoms with Gasteiger partial charge in [-0.1, -0.05) is 0 Å². The zero-order valence-corrected chi connectivity index (χ0v) is 19.1. The lowest BCUT2D eigenvalue weighted by atomic mass is 10.1. The molecule has 3 rings (SSSR count). The maximum atomic E-state index is 13.2. The van der Waals surface area contributed by atoms with Crippen LogP contribution in [0.4, 0.5) is 0 Å². The third kappa shape index (κ3) is 5.00. The average molecular weight is 449 g/mol. The molecule has 8 nitrogen and oxygen atoms in total. The second kappa shape index (κ2) is 9.67. The van der Waals surface area contributed by atoms with Crippen molar-refractivity contribution in [1.82, 2.24) is 9.21 Å². The molecule has 1 heterocycles. The lowest BCUT2D eigenvalue weighted by Gasteiger charge is -2.34. The zero-order chi connectivity index (χ0) is 22.6. The van der Waals surface area contributed by atoms with Crippen molar-refractivity contribution in [1.29, 1.82) is 0 Å². The van der Waals surface area contributed by atoms with Crippen LogP contribution >= 0.6 is 0 Å². The summed E-state index contributed by atoms with van der Waals surface area (Å²) in [5.41, 5.74) is 1.84. The molecular formula is C22H28N2O6S. The van der Waals surface area contributed by atoms with Crippen LogP contribution in [0.2, 0.25) is 0 Å². The van der Waals surface area contributed by atoms with Crippen LogP contribution in [-0.4, -0.2) is 71.1 Å². The Labute approximate surface area is 183 Å². The Morgan fingerprint density at radius 1 is 0.968 bits per heavy atom. The van der Waals surface area contributed by atoms with Gasteiger partial charge in [-0.15, -0.1) is 0 Å². The first-order valence-electron chi connectivity index (χ1n) is 9.92. The van der Waals surface area contributed by atoms with Gasteiger partial charge in [0.1, 0.15) is 11.5 Å². The van der Waals surface area contributed by atoms with Crippen molar-refractivity contribution in [3.8, 4) is 11.5 Å². The summed E-state index contributed by atoms with van der Waals surface area (Å²) >= 11 is 0. The number of aryl methyl sites for hydroxylation is 1. The summed E-state index contributed by atoms with van der Waals surface area (Å²) in [4.78, 5) is 14.1. The van der Waals surface area contributed by atoms with E-state index in [9.17, 15) is 13.2 Å². The van der Waals surface area contributed by atoms with Gasteiger partial charge in [0.2, 0.25) is 10.0 Å². The first-order chi connectivity index (χ1) is 14.8. The lowest BCUT2D eigenvalue weighted by molar-refractivity contribution is 0.0600. The smallest absolute Gasteiger partial charge is 0.337 e. The number of esters is 1. The molecule has 31 heavy (non-hydrogen) atoms. The summed E-state index contributed by atoms with van der Waals surface area (Å²) in [7, 11) is 0.891. The minimum atomic E-state index is -3.65. The van der Waals surface area contributed by atoms with Crippen molar-refractivity contribution in [3.63, 3.8) is 0 Å². The van der Waals surface area contributed by atoms with E-state index in [0.717, 1.165) is 17.1 Å². The van der Waals surface area contributed by atoms with E-state index in [2.05, 4.69) is 4.90 Å². The third-order valence-corrected chi connectivity index (χ3v) is 7.49. The Balaban J connectivity index is 1.70. The van der Waals surface area contributed by atoms with Crippen LogP contribution in [0.15, 0.2) is 41.3 Å². The van der Waals surface area contributed by atoms with Gasteiger partial charge in [0, 0.05) is 38.3 Å². The molecule has 0 spiro atoms. The monoisotopic (exact) mass is 448 g/mol. The van der Waals surface area contributed by atoms with E-state index in [4.69, 9.17) is 14.2 Å². The highest BCUT2D eigenvalue weighted by atomic mass is 32.2. The SMILES string of the molecule is COC(=O)c1ccc(S(=O)(=O)N2CCN(Cc3cc(OC)ccc3OC)CC2)c(C)c1. The van der Waals surface area contributed by atoms with E-state index < -0.39 is 16.0 Å². The molecule has 0 N–H and O–H groups in total. The van der Waals surface area contributed by atoms with Crippen LogP contribution in [-0.2, 0) is 21.3 Å². The van der Waals surface area contributed by atoms with Crippen LogP contribution in [0.3, 0.4) is 0 Å². The summed E-state index contributed by atoms with van der Waals surface area (Å²) in [6.45, 7) is 4.28. The van der Waals surface area contributed by atoms with Crippen LogP contribution in [0.5, 0.6) is 11.5 Å². The maximum absolute atomic E-state index is 13.2. The summed E-state index contributed by atoms with van der Waals surface area (Å²) < 4.78 is 43.3. The molecule has 168 valence electrons. The van der Waals surface area contributed by atoms with Crippen molar-refractivity contribution >= 4 is 16.0 Å². The molecule has 9 heteroatoms. The molecule has 0 saturated carbocycles. The molecule has 0 atom stereocenters. The molecule has 1 aliphatic rings. The van der Waals surface area contributed by atoms with Crippen LogP contribution < -0.4 is 9.47 Å². The molecule has 2 aromatic rings. The summed E-state index contributed by atoms with van der Waals surface area (Å²) in [6.07, 6.45) is 0. The van der Waals surface area contributed by atoms with Gasteiger partial charge in [-0.2, -0.15) is 4.31 Å². The number of nitrogens with zero attached hydrogens (tertiary/aromatic N) is 2. The first-order valence-corrected chi connectivity index (χ1v) is 11.4. The number of hydrogen-bond donors (Lipinski definition) is 0. The van der Waals surface area contributed by atoms with E-state index >= 15 is 0 Å². The lowest BCUT2D eigenvalue weighted by Crippen LogP contribution is -2.48. The normalized spacial score (nSPS) is 15.5. The Morgan fingerprint density at radius 3 is 2.26 bits per heavy atom. The van der Waals surface area contributed by atoms with E-state index in [0.29, 0.717) is 43.9 Å². The highest BCUT2D eigenvalue weighted by molar-refractivity contribution is 7.89. The van der Waals surface area contributed by atoms with Crippen molar-refractivity contribution < 1.29 is 27.4 Å². The van der Waals surface area contributed by atoms with Crippen molar-refractivity contribution in [2.45, 2.75) is 18.4 Å². The van der Waals surface area contributed by atoms with E-state index in [1.807, 2.05) is 18.2 Å². The second-order valence-electron chi connectivity index (χ2n) is 7.33. The quantitative estimate of drug-likeness (QED) is 0.601. The number of ether oxygens (including phenoxy) is 3. The molecular weight excluding hydrogens is 420 g/mol. The Hall–Kier alpha value is -2.62.